The normalized spacial score (nSPS) is 10.2. The molecular formula is C12H12N2O3. The Kier molecular flexibility index (Phi) is 3.09. The van der Waals surface area contributed by atoms with Gasteiger partial charge in [0.1, 0.15) is 17.9 Å². The number of ether oxygens (including phenoxy) is 1. The fourth-order valence-electron chi connectivity index (χ4n) is 1.46. The van der Waals surface area contributed by atoms with Gasteiger partial charge in [-0.1, -0.05) is 12.1 Å². The van der Waals surface area contributed by atoms with E-state index in [1.807, 2.05) is 19.3 Å². The maximum Gasteiger partial charge on any atom is 0.339 e. The molecule has 0 amide bonds. The molecule has 5 heteroatoms. The zero-order valence-electron chi connectivity index (χ0n) is 9.33. The lowest BCUT2D eigenvalue weighted by molar-refractivity contribution is 0.0691. The molecule has 88 valence electrons. The summed E-state index contributed by atoms with van der Waals surface area (Å²) in [4.78, 5) is 10.9. The molecule has 2 rings (SSSR count). The minimum absolute atomic E-state index is 0.156. The van der Waals surface area contributed by atoms with Crippen LogP contribution in [0.2, 0.25) is 0 Å². The maximum absolute atomic E-state index is 10.9. The highest BCUT2D eigenvalue weighted by molar-refractivity contribution is 5.90. The first-order valence-electron chi connectivity index (χ1n) is 5.10. The van der Waals surface area contributed by atoms with Crippen LogP contribution in [0.4, 0.5) is 0 Å². The second-order valence-electron chi connectivity index (χ2n) is 3.57. The van der Waals surface area contributed by atoms with Gasteiger partial charge in [-0.25, -0.2) is 4.79 Å². The topological polar surface area (TPSA) is 64.3 Å². The van der Waals surface area contributed by atoms with Gasteiger partial charge in [0.2, 0.25) is 0 Å². The predicted octanol–water partition coefficient (Wildman–Crippen LogP) is 1.70. The van der Waals surface area contributed by atoms with Crippen molar-refractivity contribution < 1.29 is 14.6 Å². The van der Waals surface area contributed by atoms with Crippen molar-refractivity contribution in [1.29, 1.82) is 0 Å². The third-order valence-electron chi connectivity index (χ3n) is 2.26. The van der Waals surface area contributed by atoms with E-state index in [4.69, 9.17) is 9.84 Å². The van der Waals surface area contributed by atoms with E-state index < -0.39 is 5.97 Å². The van der Waals surface area contributed by atoms with Gasteiger partial charge in [0.25, 0.3) is 0 Å². The van der Waals surface area contributed by atoms with Crippen molar-refractivity contribution >= 4 is 5.97 Å². The standard InChI is InChI=1S/C12H12N2O3/c1-14-7-6-9(13-14)8-17-11-5-3-2-4-10(11)12(15)16/h2-7H,8H2,1H3,(H,15,16). The highest BCUT2D eigenvalue weighted by Crippen LogP contribution is 2.18. The molecule has 1 aromatic heterocycles. The minimum atomic E-state index is -0.998. The molecule has 0 unspecified atom stereocenters. The number of carbonyl (C=O) groups is 1. The van der Waals surface area contributed by atoms with E-state index in [1.54, 1.807) is 22.9 Å². The van der Waals surface area contributed by atoms with E-state index >= 15 is 0 Å². The summed E-state index contributed by atoms with van der Waals surface area (Å²) in [5.74, 6) is -0.646. The number of rotatable bonds is 4. The van der Waals surface area contributed by atoms with Crippen LogP contribution >= 0.6 is 0 Å². The van der Waals surface area contributed by atoms with Gasteiger partial charge in [0.15, 0.2) is 0 Å². The van der Waals surface area contributed by atoms with Crippen LogP contribution in [-0.2, 0) is 13.7 Å². The zero-order valence-corrected chi connectivity index (χ0v) is 9.33. The van der Waals surface area contributed by atoms with Crippen LogP contribution < -0.4 is 4.74 Å². The highest BCUT2D eigenvalue weighted by Gasteiger charge is 2.10. The van der Waals surface area contributed by atoms with E-state index in [0.717, 1.165) is 5.69 Å². The minimum Gasteiger partial charge on any atom is -0.486 e. The lowest BCUT2D eigenvalue weighted by Crippen LogP contribution is -2.03. The van der Waals surface area contributed by atoms with E-state index in [1.165, 1.54) is 6.07 Å². The van der Waals surface area contributed by atoms with Gasteiger partial charge < -0.3 is 9.84 Å². The molecule has 0 aliphatic heterocycles. The van der Waals surface area contributed by atoms with E-state index in [-0.39, 0.29) is 12.2 Å². The second kappa shape index (κ2) is 4.69. The number of hydrogen-bond acceptors (Lipinski definition) is 3. The van der Waals surface area contributed by atoms with E-state index in [0.29, 0.717) is 5.75 Å². The molecule has 0 aliphatic rings. The number of nitrogens with zero attached hydrogens (tertiary/aromatic N) is 2. The SMILES string of the molecule is Cn1ccc(COc2ccccc2C(=O)O)n1. The van der Waals surface area contributed by atoms with Gasteiger partial charge in [-0.15, -0.1) is 0 Å². The first kappa shape index (κ1) is 11.2. The van der Waals surface area contributed by atoms with Crippen LogP contribution in [0.5, 0.6) is 5.75 Å². The van der Waals surface area contributed by atoms with Crippen LogP contribution in [0.3, 0.4) is 0 Å². The van der Waals surface area contributed by atoms with Crippen molar-refractivity contribution in [3.63, 3.8) is 0 Å². The van der Waals surface area contributed by atoms with Crippen LogP contribution in [0.25, 0.3) is 0 Å². The molecule has 0 bridgehead atoms. The largest absolute Gasteiger partial charge is 0.486 e. The number of carboxylic acids is 1. The number of aromatic nitrogens is 2. The summed E-state index contributed by atoms with van der Waals surface area (Å²) in [6.45, 7) is 0.255. The summed E-state index contributed by atoms with van der Waals surface area (Å²) in [6, 6.07) is 8.36. The number of carboxylic acid groups (broad SMARTS) is 1. The summed E-state index contributed by atoms with van der Waals surface area (Å²) in [6.07, 6.45) is 1.81. The van der Waals surface area contributed by atoms with Gasteiger partial charge >= 0.3 is 5.97 Å². The van der Waals surface area contributed by atoms with Crippen molar-refractivity contribution in [1.82, 2.24) is 9.78 Å². The van der Waals surface area contributed by atoms with Crippen molar-refractivity contribution in [2.45, 2.75) is 6.61 Å². The maximum atomic E-state index is 10.9. The molecule has 1 heterocycles. The number of benzene rings is 1. The molecular weight excluding hydrogens is 220 g/mol. The molecule has 5 nitrogen and oxygen atoms in total. The van der Waals surface area contributed by atoms with Crippen molar-refractivity contribution in [2.24, 2.45) is 7.05 Å². The summed E-state index contributed by atoms with van der Waals surface area (Å²) in [5.41, 5.74) is 0.913. The summed E-state index contributed by atoms with van der Waals surface area (Å²) < 4.78 is 7.11. The van der Waals surface area contributed by atoms with Gasteiger partial charge in [-0.2, -0.15) is 5.10 Å². The molecule has 0 radical (unpaired) electrons. The molecule has 0 saturated carbocycles. The Morgan fingerprint density at radius 1 is 1.41 bits per heavy atom. The van der Waals surface area contributed by atoms with Crippen molar-refractivity contribution in [3.8, 4) is 5.75 Å². The average Bonchev–Trinajstić information content (AvgIpc) is 2.73. The fourth-order valence-corrected chi connectivity index (χ4v) is 1.46. The molecule has 2 aromatic rings. The number of hydrogen-bond donors (Lipinski definition) is 1. The Bertz CT molecular complexity index is 534. The monoisotopic (exact) mass is 232 g/mol. The van der Waals surface area contributed by atoms with Crippen LogP contribution in [0.15, 0.2) is 36.5 Å². The molecule has 0 atom stereocenters. The van der Waals surface area contributed by atoms with Gasteiger partial charge in [0.05, 0.1) is 5.69 Å². The lowest BCUT2D eigenvalue weighted by atomic mass is 10.2. The van der Waals surface area contributed by atoms with E-state index in [9.17, 15) is 4.79 Å². The van der Waals surface area contributed by atoms with Crippen LogP contribution in [0, 0.1) is 0 Å². The van der Waals surface area contributed by atoms with Crippen molar-refractivity contribution in [3.05, 3.63) is 47.8 Å². The molecule has 0 spiro atoms. The smallest absolute Gasteiger partial charge is 0.339 e. The second-order valence-corrected chi connectivity index (χ2v) is 3.57. The number of para-hydroxylation sites is 1. The predicted molar refractivity (Wildman–Crippen MR) is 60.9 cm³/mol. The van der Waals surface area contributed by atoms with Crippen molar-refractivity contribution in [2.75, 3.05) is 0 Å². The molecule has 0 fully saturated rings. The number of aromatic carboxylic acids is 1. The Morgan fingerprint density at radius 2 is 2.18 bits per heavy atom. The Balaban J connectivity index is 2.11. The van der Waals surface area contributed by atoms with Crippen LogP contribution in [-0.4, -0.2) is 20.9 Å². The quantitative estimate of drug-likeness (QED) is 0.871. The molecule has 1 aromatic carbocycles. The zero-order chi connectivity index (χ0) is 12.3. The first-order chi connectivity index (χ1) is 8.16. The highest BCUT2D eigenvalue weighted by atomic mass is 16.5. The third kappa shape index (κ3) is 2.63. The summed E-state index contributed by atoms with van der Waals surface area (Å²) >= 11 is 0. The third-order valence-corrected chi connectivity index (χ3v) is 2.26. The molecule has 0 aliphatic carbocycles. The van der Waals surface area contributed by atoms with Gasteiger partial charge in [-0.05, 0) is 18.2 Å². The van der Waals surface area contributed by atoms with Gasteiger partial charge in [0, 0.05) is 13.2 Å². The molecule has 1 N–H and O–H groups in total. The Hall–Kier alpha value is -2.30. The lowest BCUT2D eigenvalue weighted by Gasteiger charge is -2.07. The Morgan fingerprint density at radius 3 is 2.82 bits per heavy atom. The average molecular weight is 232 g/mol. The summed E-state index contributed by atoms with van der Waals surface area (Å²) in [5, 5.41) is 13.1. The first-order valence-corrected chi connectivity index (χ1v) is 5.10. The van der Waals surface area contributed by atoms with Gasteiger partial charge in [-0.3, -0.25) is 4.68 Å². The Labute approximate surface area is 98.3 Å². The summed E-state index contributed by atoms with van der Waals surface area (Å²) in [7, 11) is 1.81. The fraction of sp³-hybridized carbons (Fsp3) is 0.167. The number of aryl methyl sites for hydroxylation is 1. The molecule has 17 heavy (non-hydrogen) atoms. The molecule has 0 saturated heterocycles. The van der Waals surface area contributed by atoms with E-state index in [2.05, 4.69) is 5.10 Å². The van der Waals surface area contributed by atoms with Crippen LogP contribution in [0.1, 0.15) is 16.1 Å².